The zero-order chi connectivity index (χ0) is 17.9. The summed E-state index contributed by atoms with van der Waals surface area (Å²) >= 11 is 6.27. The normalized spacial score (nSPS) is 20.5. The highest BCUT2D eigenvalue weighted by Gasteiger charge is 2.31. The van der Waals surface area contributed by atoms with Crippen LogP contribution in [0.1, 0.15) is 85.0 Å². The molecule has 0 aromatic carbocycles. The molecule has 3 rings (SSSR count). The lowest BCUT2D eigenvalue weighted by molar-refractivity contribution is 0.335. The van der Waals surface area contributed by atoms with Crippen molar-refractivity contribution in [3.8, 4) is 0 Å². The molecule has 2 aliphatic carbocycles. The van der Waals surface area contributed by atoms with E-state index in [1.807, 2.05) is 0 Å². The summed E-state index contributed by atoms with van der Waals surface area (Å²) in [4.78, 5) is 16.1. The van der Waals surface area contributed by atoms with E-state index in [1.165, 1.54) is 64.2 Å². The molecular formula is C19H32ClN5. The summed E-state index contributed by atoms with van der Waals surface area (Å²) in [6.45, 7) is 6.30. The highest BCUT2D eigenvalue weighted by molar-refractivity contribution is 6.28. The largest absolute Gasteiger partial charge is 0.349 e. The third-order valence-corrected chi connectivity index (χ3v) is 5.42. The van der Waals surface area contributed by atoms with E-state index < -0.39 is 0 Å². The van der Waals surface area contributed by atoms with Gasteiger partial charge in [-0.1, -0.05) is 38.5 Å². The van der Waals surface area contributed by atoms with Crippen LogP contribution in [0.25, 0.3) is 0 Å². The lowest BCUT2D eigenvalue weighted by Crippen LogP contribution is -2.46. The van der Waals surface area contributed by atoms with Gasteiger partial charge in [0.05, 0.1) is 0 Å². The first-order valence-electron chi connectivity index (χ1n) is 9.90. The van der Waals surface area contributed by atoms with Gasteiger partial charge in [-0.15, -0.1) is 0 Å². The quantitative estimate of drug-likeness (QED) is 0.793. The predicted octanol–water partition coefficient (Wildman–Crippen LogP) is 5.21. The average Bonchev–Trinajstić information content (AvgIpc) is 2.55. The number of hydrogen-bond acceptors (Lipinski definition) is 5. The second kappa shape index (κ2) is 8.07. The Kier molecular flexibility index (Phi) is 6.03. The summed E-state index contributed by atoms with van der Waals surface area (Å²) in [7, 11) is 0. The summed E-state index contributed by atoms with van der Waals surface area (Å²) in [5.41, 5.74) is -0.109. The number of hydrogen-bond donors (Lipinski definition) is 1. The number of halogens is 1. The van der Waals surface area contributed by atoms with E-state index in [9.17, 15) is 0 Å². The van der Waals surface area contributed by atoms with Crippen LogP contribution in [0.15, 0.2) is 0 Å². The van der Waals surface area contributed by atoms with E-state index in [1.54, 1.807) is 0 Å². The minimum atomic E-state index is -0.109. The fourth-order valence-electron chi connectivity index (χ4n) is 4.19. The van der Waals surface area contributed by atoms with Gasteiger partial charge in [0.2, 0.25) is 17.2 Å². The van der Waals surface area contributed by atoms with Crippen molar-refractivity contribution in [2.75, 3.05) is 10.2 Å². The SMILES string of the molecule is CC(C)(C)Nc1nc(Cl)nc(N(C2CCCCC2)C2CCCCC2)n1. The van der Waals surface area contributed by atoms with E-state index in [4.69, 9.17) is 16.6 Å². The average molecular weight is 366 g/mol. The van der Waals surface area contributed by atoms with Gasteiger partial charge >= 0.3 is 0 Å². The summed E-state index contributed by atoms with van der Waals surface area (Å²) < 4.78 is 0. The zero-order valence-corrected chi connectivity index (χ0v) is 16.6. The molecule has 0 aliphatic heterocycles. The third-order valence-electron chi connectivity index (χ3n) is 5.25. The molecule has 25 heavy (non-hydrogen) atoms. The van der Waals surface area contributed by atoms with Gasteiger partial charge < -0.3 is 10.2 Å². The molecule has 2 fully saturated rings. The van der Waals surface area contributed by atoms with Crippen LogP contribution in [-0.4, -0.2) is 32.6 Å². The van der Waals surface area contributed by atoms with Crippen molar-refractivity contribution in [1.29, 1.82) is 0 Å². The van der Waals surface area contributed by atoms with Crippen LogP contribution in [0.4, 0.5) is 11.9 Å². The monoisotopic (exact) mass is 365 g/mol. The fourth-order valence-corrected chi connectivity index (χ4v) is 4.35. The van der Waals surface area contributed by atoms with Crippen LogP contribution in [-0.2, 0) is 0 Å². The molecule has 0 unspecified atom stereocenters. The number of nitrogens with one attached hydrogen (secondary N) is 1. The molecule has 0 radical (unpaired) electrons. The smallest absolute Gasteiger partial charge is 0.231 e. The van der Waals surface area contributed by atoms with Gasteiger partial charge in [-0.3, -0.25) is 0 Å². The third kappa shape index (κ3) is 5.19. The van der Waals surface area contributed by atoms with Crippen LogP contribution in [0.3, 0.4) is 0 Å². The molecule has 140 valence electrons. The van der Waals surface area contributed by atoms with Gasteiger partial charge in [0, 0.05) is 17.6 Å². The lowest BCUT2D eigenvalue weighted by atomic mass is 9.89. The van der Waals surface area contributed by atoms with Gasteiger partial charge in [0.1, 0.15) is 0 Å². The molecule has 5 nitrogen and oxygen atoms in total. The van der Waals surface area contributed by atoms with Crippen LogP contribution in [0.2, 0.25) is 5.28 Å². The molecule has 2 aliphatic rings. The standard InChI is InChI=1S/C19H32ClN5/c1-19(2,3)24-17-21-16(20)22-18(23-17)25(14-10-6-4-7-11-14)15-12-8-5-9-13-15/h14-15H,4-13H2,1-3H3,(H,21,22,23,24). The maximum Gasteiger partial charge on any atom is 0.231 e. The van der Waals surface area contributed by atoms with Crippen molar-refractivity contribution < 1.29 is 0 Å². The van der Waals surface area contributed by atoms with E-state index in [-0.39, 0.29) is 10.8 Å². The van der Waals surface area contributed by atoms with E-state index in [0.29, 0.717) is 18.0 Å². The molecule has 1 aromatic rings. The topological polar surface area (TPSA) is 53.9 Å². The molecule has 0 saturated heterocycles. The Morgan fingerprint density at radius 3 is 1.84 bits per heavy atom. The number of nitrogens with zero attached hydrogens (tertiary/aromatic N) is 4. The highest BCUT2D eigenvalue weighted by Crippen LogP contribution is 2.33. The van der Waals surface area contributed by atoms with Crippen molar-refractivity contribution in [2.24, 2.45) is 0 Å². The summed E-state index contributed by atoms with van der Waals surface area (Å²) in [5.74, 6) is 1.35. The minimum absolute atomic E-state index is 0.109. The lowest BCUT2D eigenvalue weighted by Gasteiger charge is -2.41. The van der Waals surface area contributed by atoms with Crippen molar-refractivity contribution in [2.45, 2.75) is 103 Å². The van der Waals surface area contributed by atoms with E-state index in [2.05, 4.69) is 41.0 Å². The number of rotatable bonds is 4. The Balaban J connectivity index is 1.91. The second-order valence-electron chi connectivity index (χ2n) is 8.59. The molecule has 0 amide bonds. The van der Waals surface area contributed by atoms with Gasteiger partial charge in [-0.2, -0.15) is 15.0 Å². The van der Waals surface area contributed by atoms with Crippen LogP contribution in [0.5, 0.6) is 0 Å². The van der Waals surface area contributed by atoms with Gasteiger partial charge in [-0.25, -0.2) is 0 Å². The van der Waals surface area contributed by atoms with Crippen LogP contribution < -0.4 is 10.2 Å². The van der Waals surface area contributed by atoms with Crippen LogP contribution in [0, 0.1) is 0 Å². The first kappa shape index (κ1) is 18.7. The summed E-state index contributed by atoms with van der Waals surface area (Å²) in [5, 5.41) is 3.64. The molecule has 0 atom stereocenters. The van der Waals surface area contributed by atoms with Gasteiger partial charge in [-0.05, 0) is 58.1 Å². The molecule has 1 aromatic heterocycles. The first-order chi connectivity index (χ1) is 11.9. The van der Waals surface area contributed by atoms with E-state index >= 15 is 0 Å². The summed E-state index contributed by atoms with van der Waals surface area (Å²) in [6, 6.07) is 1.08. The molecule has 1 heterocycles. The Bertz CT molecular complexity index is 541. The van der Waals surface area contributed by atoms with Crippen molar-refractivity contribution in [3.05, 3.63) is 5.28 Å². The van der Waals surface area contributed by atoms with Crippen molar-refractivity contribution in [1.82, 2.24) is 15.0 Å². The Labute approximate surface area is 157 Å². The molecule has 6 heteroatoms. The summed E-state index contributed by atoms with van der Waals surface area (Å²) in [6.07, 6.45) is 12.9. The van der Waals surface area contributed by atoms with Gasteiger partial charge in [0.25, 0.3) is 0 Å². The second-order valence-corrected chi connectivity index (χ2v) is 8.93. The van der Waals surface area contributed by atoms with Crippen molar-refractivity contribution in [3.63, 3.8) is 0 Å². The minimum Gasteiger partial charge on any atom is -0.349 e. The maximum atomic E-state index is 6.27. The molecule has 0 spiro atoms. The molecular weight excluding hydrogens is 334 g/mol. The Morgan fingerprint density at radius 2 is 1.36 bits per heavy atom. The highest BCUT2D eigenvalue weighted by atomic mass is 35.5. The Hall–Kier alpha value is -1.10. The van der Waals surface area contributed by atoms with Crippen molar-refractivity contribution >= 4 is 23.5 Å². The number of aromatic nitrogens is 3. The Morgan fingerprint density at radius 1 is 0.840 bits per heavy atom. The number of anilines is 2. The molecule has 1 N–H and O–H groups in total. The predicted molar refractivity (Wildman–Crippen MR) is 104 cm³/mol. The van der Waals surface area contributed by atoms with Gasteiger partial charge in [0.15, 0.2) is 0 Å². The molecule has 0 bridgehead atoms. The van der Waals surface area contributed by atoms with Crippen LogP contribution >= 0.6 is 11.6 Å². The molecule has 2 saturated carbocycles. The fraction of sp³-hybridized carbons (Fsp3) is 0.842. The zero-order valence-electron chi connectivity index (χ0n) is 15.9. The first-order valence-corrected chi connectivity index (χ1v) is 10.3. The maximum absolute atomic E-state index is 6.27. The van der Waals surface area contributed by atoms with E-state index in [0.717, 1.165) is 5.95 Å².